The van der Waals surface area contributed by atoms with Gasteiger partial charge in [0.15, 0.2) is 11.6 Å². The molecule has 0 fully saturated rings. The first kappa shape index (κ1) is 26.2. The van der Waals surface area contributed by atoms with Crippen LogP contribution < -0.4 is 10.1 Å². The zero-order valence-corrected chi connectivity index (χ0v) is 21.1. The minimum atomic E-state index is -0.313. The topological polar surface area (TPSA) is 75.7 Å². The Kier molecular flexibility index (Phi) is 8.46. The lowest BCUT2D eigenvalue weighted by molar-refractivity contribution is -0.123. The van der Waals surface area contributed by atoms with Crippen molar-refractivity contribution in [3.8, 4) is 5.75 Å². The SMILES string of the molecule is CC(=O)c1ccc(OCCN(CC(=O)N[C@@H]2CCc3ccccc32)Cc2ccc(F)cc2)cc1C(C)=O. The third kappa shape index (κ3) is 6.89. The molecule has 1 atom stereocenters. The highest BCUT2D eigenvalue weighted by Gasteiger charge is 2.24. The Bertz CT molecular complexity index is 1290. The Balaban J connectivity index is 1.41. The second kappa shape index (κ2) is 11.9. The maximum Gasteiger partial charge on any atom is 0.234 e. The van der Waals surface area contributed by atoms with Gasteiger partial charge in [-0.05, 0) is 73.7 Å². The van der Waals surface area contributed by atoms with Crippen LogP contribution >= 0.6 is 0 Å². The van der Waals surface area contributed by atoms with E-state index in [1.807, 2.05) is 17.0 Å². The van der Waals surface area contributed by atoms with Crippen molar-refractivity contribution in [1.82, 2.24) is 10.2 Å². The quantitative estimate of drug-likeness (QED) is 0.377. The molecule has 0 heterocycles. The average Bonchev–Trinajstić information content (AvgIpc) is 3.27. The summed E-state index contributed by atoms with van der Waals surface area (Å²) in [5.41, 5.74) is 4.00. The van der Waals surface area contributed by atoms with Crippen molar-refractivity contribution in [2.75, 3.05) is 19.7 Å². The first-order valence-corrected chi connectivity index (χ1v) is 12.4. The summed E-state index contributed by atoms with van der Waals surface area (Å²) < 4.78 is 19.3. The molecule has 1 aliphatic carbocycles. The molecule has 0 bridgehead atoms. The molecule has 6 nitrogen and oxygen atoms in total. The molecule has 0 saturated heterocycles. The Morgan fingerprint density at radius 1 is 0.973 bits per heavy atom. The number of aryl methyl sites for hydroxylation is 1. The highest BCUT2D eigenvalue weighted by atomic mass is 19.1. The zero-order valence-electron chi connectivity index (χ0n) is 21.1. The number of fused-ring (bicyclic) bond motifs is 1. The molecule has 1 amide bonds. The molecule has 7 heteroatoms. The molecule has 0 saturated carbocycles. The van der Waals surface area contributed by atoms with Gasteiger partial charge in [-0.3, -0.25) is 19.3 Å². The summed E-state index contributed by atoms with van der Waals surface area (Å²) in [6, 6.07) is 19.2. The molecule has 3 aromatic carbocycles. The van der Waals surface area contributed by atoms with Crippen LogP contribution in [0.3, 0.4) is 0 Å². The number of carbonyl (C=O) groups is 3. The first-order chi connectivity index (χ1) is 17.8. The Morgan fingerprint density at radius 2 is 1.70 bits per heavy atom. The summed E-state index contributed by atoms with van der Waals surface area (Å²) >= 11 is 0. The smallest absolute Gasteiger partial charge is 0.234 e. The number of hydrogen-bond acceptors (Lipinski definition) is 5. The van der Waals surface area contributed by atoms with Crippen molar-refractivity contribution in [3.63, 3.8) is 0 Å². The van der Waals surface area contributed by atoms with Crippen LogP contribution in [-0.4, -0.2) is 42.1 Å². The van der Waals surface area contributed by atoms with Crippen molar-refractivity contribution in [3.05, 3.63) is 100 Å². The highest BCUT2D eigenvalue weighted by Crippen LogP contribution is 2.30. The minimum absolute atomic E-state index is 0.00239. The molecule has 1 N–H and O–H groups in total. The van der Waals surface area contributed by atoms with Gasteiger partial charge in [0.25, 0.3) is 0 Å². The van der Waals surface area contributed by atoms with E-state index in [-0.39, 0.29) is 42.5 Å². The zero-order chi connectivity index (χ0) is 26.4. The average molecular weight is 503 g/mol. The molecule has 0 aliphatic heterocycles. The van der Waals surface area contributed by atoms with Crippen LogP contribution in [0.2, 0.25) is 0 Å². The second-order valence-electron chi connectivity index (χ2n) is 9.36. The molecule has 1 aliphatic rings. The minimum Gasteiger partial charge on any atom is -0.492 e. The summed E-state index contributed by atoms with van der Waals surface area (Å²) in [5.74, 6) is -0.319. The lowest BCUT2D eigenvalue weighted by Gasteiger charge is -2.23. The fraction of sp³-hybridized carbons (Fsp3) is 0.300. The summed E-state index contributed by atoms with van der Waals surface area (Å²) in [6.45, 7) is 4.12. The molecule has 4 rings (SSSR count). The van der Waals surface area contributed by atoms with Crippen LogP contribution in [0, 0.1) is 5.82 Å². The number of carbonyl (C=O) groups excluding carboxylic acids is 3. The number of ketones is 2. The Labute approximate surface area is 216 Å². The maximum atomic E-state index is 13.4. The van der Waals surface area contributed by atoms with Crippen molar-refractivity contribution in [2.45, 2.75) is 39.3 Å². The van der Waals surface area contributed by atoms with Gasteiger partial charge in [-0.25, -0.2) is 4.39 Å². The van der Waals surface area contributed by atoms with E-state index in [9.17, 15) is 18.8 Å². The fourth-order valence-corrected chi connectivity index (χ4v) is 4.72. The molecule has 0 spiro atoms. The summed E-state index contributed by atoms with van der Waals surface area (Å²) in [7, 11) is 0. The predicted octanol–water partition coefficient (Wildman–Crippen LogP) is 4.92. The summed E-state index contributed by atoms with van der Waals surface area (Å²) in [5, 5.41) is 3.15. The molecule has 0 radical (unpaired) electrons. The molecular formula is C30H31FN2O4. The van der Waals surface area contributed by atoms with Crippen molar-refractivity contribution in [2.24, 2.45) is 0 Å². The predicted molar refractivity (Wildman–Crippen MR) is 139 cm³/mol. The fourth-order valence-electron chi connectivity index (χ4n) is 4.72. The van der Waals surface area contributed by atoms with E-state index in [4.69, 9.17) is 4.74 Å². The maximum absolute atomic E-state index is 13.4. The number of benzene rings is 3. The van der Waals surface area contributed by atoms with Crippen molar-refractivity contribution in [1.29, 1.82) is 0 Å². The normalized spacial score (nSPS) is 14.3. The lowest BCUT2D eigenvalue weighted by atomic mass is 10.0. The van der Waals surface area contributed by atoms with Crippen molar-refractivity contribution < 1.29 is 23.5 Å². The number of nitrogens with one attached hydrogen (secondary N) is 1. The van der Waals surface area contributed by atoms with Crippen LogP contribution in [0.15, 0.2) is 66.7 Å². The second-order valence-corrected chi connectivity index (χ2v) is 9.36. The van der Waals surface area contributed by atoms with Gasteiger partial charge >= 0.3 is 0 Å². The van der Waals surface area contributed by atoms with Crippen LogP contribution in [0.25, 0.3) is 0 Å². The first-order valence-electron chi connectivity index (χ1n) is 12.4. The van der Waals surface area contributed by atoms with E-state index < -0.39 is 0 Å². The third-order valence-corrected chi connectivity index (χ3v) is 6.58. The van der Waals surface area contributed by atoms with Gasteiger partial charge in [0.05, 0.1) is 12.6 Å². The molecule has 3 aromatic rings. The van der Waals surface area contributed by atoms with E-state index in [2.05, 4.69) is 17.4 Å². The number of amides is 1. The van der Waals surface area contributed by atoms with Gasteiger partial charge in [0.2, 0.25) is 5.91 Å². The molecule has 0 unspecified atom stereocenters. The van der Waals surface area contributed by atoms with Gasteiger partial charge in [-0.2, -0.15) is 0 Å². The van der Waals surface area contributed by atoms with Crippen LogP contribution in [0.1, 0.15) is 63.7 Å². The van der Waals surface area contributed by atoms with Gasteiger partial charge in [0.1, 0.15) is 18.2 Å². The standard InChI is InChI=1S/C30H31FN2O4/c1-20(34)26-13-12-25(17-28(26)21(2)35)37-16-15-33(18-22-7-10-24(31)11-8-22)19-30(36)32-29-14-9-23-5-3-4-6-27(23)29/h3-8,10-13,17,29H,9,14-16,18-19H2,1-2H3,(H,32,36)/t29-/m1/s1. The van der Waals surface area contributed by atoms with E-state index in [0.29, 0.717) is 30.0 Å². The number of Topliss-reactive ketones (excluding diaryl/α,β-unsaturated/α-hetero) is 2. The summed E-state index contributed by atoms with van der Waals surface area (Å²) in [4.78, 5) is 38.7. The van der Waals surface area contributed by atoms with E-state index in [1.54, 1.807) is 30.3 Å². The van der Waals surface area contributed by atoms with E-state index >= 15 is 0 Å². The van der Waals surface area contributed by atoms with Gasteiger partial charge in [-0.15, -0.1) is 0 Å². The third-order valence-electron chi connectivity index (χ3n) is 6.58. The van der Waals surface area contributed by atoms with Crippen LogP contribution in [0.5, 0.6) is 5.75 Å². The number of rotatable bonds is 11. The van der Waals surface area contributed by atoms with Crippen molar-refractivity contribution >= 4 is 17.5 Å². The van der Waals surface area contributed by atoms with E-state index in [1.165, 1.54) is 37.1 Å². The lowest BCUT2D eigenvalue weighted by Crippen LogP contribution is -2.39. The van der Waals surface area contributed by atoms with E-state index in [0.717, 1.165) is 18.4 Å². The van der Waals surface area contributed by atoms with Crippen LogP contribution in [-0.2, 0) is 17.8 Å². The monoisotopic (exact) mass is 502 g/mol. The van der Waals surface area contributed by atoms with Crippen LogP contribution in [0.4, 0.5) is 4.39 Å². The van der Waals surface area contributed by atoms with Gasteiger partial charge in [0, 0.05) is 24.2 Å². The number of halogens is 1. The Morgan fingerprint density at radius 3 is 2.43 bits per heavy atom. The number of hydrogen-bond donors (Lipinski definition) is 1. The highest BCUT2D eigenvalue weighted by molar-refractivity contribution is 6.07. The summed E-state index contributed by atoms with van der Waals surface area (Å²) in [6.07, 6.45) is 1.82. The Hall–Kier alpha value is -3.84. The molecule has 37 heavy (non-hydrogen) atoms. The van der Waals surface area contributed by atoms with Gasteiger partial charge < -0.3 is 10.1 Å². The number of nitrogens with zero attached hydrogens (tertiary/aromatic N) is 1. The molecular weight excluding hydrogens is 471 g/mol. The van der Waals surface area contributed by atoms with Gasteiger partial charge in [-0.1, -0.05) is 36.4 Å². The molecule has 0 aromatic heterocycles. The number of ether oxygens (including phenoxy) is 1. The molecule has 192 valence electrons. The largest absolute Gasteiger partial charge is 0.492 e.